The molecule has 1 aliphatic carbocycles. The van der Waals surface area contributed by atoms with Crippen LogP contribution in [0.2, 0.25) is 0 Å². The molecule has 6 heteroatoms. The van der Waals surface area contributed by atoms with Crippen molar-refractivity contribution in [1.82, 2.24) is 14.7 Å². The molecule has 0 radical (unpaired) electrons. The van der Waals surface area contributed by atoms with Crippen molar-refractivity contribution in [2.24, 2.45) is 0 Å². The third kappa shape index (κ3) is 5.19. The summed E-state index contributed by atoms with van der Waals surface area (Å²) in [4.78, 5) is 16.2. The smallest absolute Gasteiger partial charge is 0.407 e. The van der Waals surface area contributed by atoms with Gasteiger partial charge in [-0.1, -0.05) is 13.8 Å². The highest BCUT2D eigenvalue weighted by Crippen LogP contribution is 2.40. The molecule has 6 nitrogen and oxygen atoms in total. The molecule has 0 unspecified atom stereocenters. The average molecular weight is 347 g/mol. The summed E-state index contributed by atoms with van der Waals surface area (Å²) in [6.07, 6.45) is 5.90. The van der Waals surface area contributed by atoms with E-state index < -0.39 is 11.7 Å². The van der Waals surface area contributed by atoms with Crippen LogP contribution in [-0.2, 0) is 17.9 Å². The number of ether oxygens (including phenoxy) is 1. The number of aliphatic hydroxyl groups is 1. The quantitative estimate of drug-likeness (QED) is 0.883. The Kier molecular flexibility index (Phi) is 6.06. The van der Waals surface area contributed by atoms with E-state index in [1.54, 1.807) is 0 Å². The standard InChI is InChI=1S/C17H23N3O3.C2H6/c1-17(2,3)23-16(22)18-7-14-9-20-8-12(11-4-5-11)6-13(10-21)15(20)19-14;1-2/h6,8-9,11,21H,4-5,7,10H2,1-3H3,(H,18,22);1-2H3. The molecule has 1 fully saturated rings. The van der Waals surface area contributed by atoms with Crippen molar-refractivity contribution in [1.29, 1.82) is 0 Å². The number of hydrogen-bond acceptors (Lipinski definition) is 4. The highest BCUT2D eigenvalue weighted by molar-refractivity contribution is 5.67. The molecule has 2 aromatic rings. The lowest BCUT2D eigenvalue weighted by atomic mass is 10.1. The normalized spacial score (nSPS) is 14.0. The number of aliphatic hydroxyl groups excluding tert-OH is 1. The topological polar surface area (TPSA) is 75.9 Å². The molecule has 138 valence electrons. The maximum Gasteiger partial charge on any atom is 0.407 e. The Bertz CT molecular complexity index is 727. The van der Waals surface area contributed by atoms with Gasteiger partial charge < -0.3 is 19.6 Å². The first kappa shape index (κ1) is 19.2. The summed E-state index contributed by atoms with van der Waals surface area (Å²) in [6.45, 7) is 9.72. The van der Waals surface area contributed by atoms with Crippen molar-refractivity contribution >= 4 is 11.7 Å². The number of imidazole rings is 1. The van der Waals surface area contributed by atoms with Gasteiger partial charge in [-0.05, 0) is 51.2 Å². The Hall–Kier alpha value is -2.08. The first-order chi connectivity index (χ1) is 11.9. The minimum atomic E-state index is -0.522. The zero-order valence-corrected chi connectivity index (χ0v) is 15.8. The third-order valence-corrected chi connectivity index (χ3v) is 3.73. The van der Waals surface area contributed by atoms with Crippen LogP contribution in [0.5, 0.6) is 0 Å². The van der Waals surface area contributed by atoms with Crippen LogP contribution in [0.4, 0.5) is 4.79 Å². The monoisotopic (exact) mass is 347 g/mol. The Balaban J connectivity index is 0.00000109. The van der Waals surface area contributed by atoms with Crippen molar-refractivity contribution < 1.29 is 14.6 Å². The van der Waals surface area contributed by atoms with Gasteiger partial charge in [-0.15, -0.1) is 0 Å². The van der Waals surface area contributed by atoms with Crippen LogP contribution in [0.3, 0.4) is 0 Å². The Morgan fingerprint density at radius 1 is 1.36 bits per heavy atom. The Morgan fingerprint density at radius 2 is 2.04 bits per heavy atom. The molecule has 0 aromatic carbocycles. The van der Waals surface area contributed by atoms with Gasteiger partial charge in [0.15, 0.2) is 0 Å². The van der Waals surface area contributed by atoms with E-state index in [1.807, 2.05) is 51.3 Å². The van der Waals surface area contributed by atoms with E-state index in [-0.39, 0.29) is 6.61 Å². The minimum Gasteiger partial charge on any atom is -0.444 e. The van der Waals surface area contributed by atoms with Crippen molar-refractivity contribution in [3.63, 3.8) is 0 Å². The SMILES string of the molecule is CC.CC(C)(C)OC(=O)NCc1cn2cc(C3CC3)cc(CO)c2n1. The van der Waals surface area contributed by atoms with Crippen LogP contribution in [0.25, 0.3) is 5.65 Å². The number of hydrogen-bond donors (Lipinski definition) is 2. The summed E-state index contributed by atoms with van der Waals surface area (Å²) in [6, 6.07) is 2.03. The van der Waals surface area contributed by atoms with Crippen LogP contribution >= 0.6 is 0 Å². The van der Waals surface area contributed by atoms with Crippen LogP contribution in [0.15, 0.2) is 18.5 Å². The summed E-state index contributed by atoms with van der Waals surface area (Å²) in [5, 5.41) is 12.3. The average Bonchev–Trinajstić information content (AvgIpc) is 3.32. The van der Waals surface area contributed by atoms with E-state index in [9.17, 15) is 9.90 Å². The number of fused-ring (bicyclic) bond motifs is 1. The number of aromatic nitrogens is 2. The highest BCUT2D eigenvalue weighted by atomic mass is 16.6. The number of nitrogens with one attached hydrogen (secondary N) is 1. The molecule has 1 amide bonds. The second kappa shape index (κ2) is 7.87. The first-order valence-electron chi connectivity index (χ1n) is 8.94. The van der Waals surface area contributed by atoms with Gasteiger partial charge in [0.05, 0.1) is 18.8 Å². The summed E-state index contributed by atoms with van der Waals surface area (Å²) in [5.41, 5.74) is 3.01. The lowest BCUT2D eigenvalue weighted by molar-refractivity contribution is 0.0523. The fraction of sp³-hybridized carbons (Fsp3) is 0.579. The third-order valence-electron chi connectivity index (χ3n) is 3.73. The number of carbonyl (C=O) groups is 1. The fourth-order valence-electron chi connectivity index (χ4n) is 2.56. The number of nitrogens with zero attached hydrogens (tertiary/aromatic N) is 2. The van der Waals surface area contributed by atoms with Gasteiger partial charge in [-0.2, -0.15) is 0 Å². The number of carbonyl (C=O) groups excluding carboxylic acids is 1. The van der Waals surface area contributed by atoms with E-state index in [4.69, 9.17) is 4.74 Å². The lowest BCUT2D eigenvalue weighted by Crippen LogP contribution is -2.32. The van der Waals surface area contributed by atoms with Crippen LogP contribution in [0.1, 0.15) is 70.2 Å². The van der Waals surface area contributed by atoms with Gasteiger partial charge in [0.1, 0.15) is 11.2 Å². The molecule has 3 rings (SSSR count). The number of rotatable bonds is 4. The Labute approximate surface area is 149 Å². The summed E-state index contributed by atoms with van der Waals surface area (Å²) in [7, 11) is 0. The molecule has 0 aliphatic heterocycles. The maximum absolute atomic E-state index is 11.7. The molecule has 1 aliphatic rings. The van der Waals surface area contributed by atoms with Gasteiger partial charge >= 0.3 is 6.09 Å². The van der Waals surface area contributed by atoms with Crippen LogP contribution in [0, 0.1) is 0 Å². The van der Waals surface area contributed by atoms with Gasteiger partial charge in [-0.3, -0.25) is 0 Å². The van der Waals surface area contributed by atoms with Gasteiger partial charge in [0.25, 0.3) is 0 Å². The molecule has 2 aromatic heterocycles. The van der Waals surface area contributed by atoms with Crippen molar-refractivity contribution in [3.05, 3.63) is 35.3 Å². The number of alkyl carbamates (subject to hydrolysis) is 1. The summed E-state index contributed by atoms with van der Waals surface area (Å²) < 4.78 is 7.15. The fourth-order valence-corrected chi connectivity index (χ4v) is 2.56. The van der Waals surface area contributed by atoms with Gasteiger partial charge in [0.2, 0.25) is 0 Å². The zero-order valence-electron chi connectivity index (χ0n) is 15.8. The molecular weight excluding hydrogens is 318 g/mol. The van der Waals surface area contributed by atoms with Crippen molar-refractivity contribution in [3.8, 4) is 0 Å². The van der Waals surface area contributed by atoms with E-state index in [2.05, 4.69) is 16.5 Å². The van der Waals surface area contributed by atoms with Crippen LogP contribution < -0.4 is 5.32 Å². The number of amides is 1. The predicted octanol–water partition coefficient (Wildman–Crippen LogP) is 3.75. The second-order valence-electron chi connectivity index (χ2n) is 7.05. The van der Waals surface area contributed by atoms with E-state index in [1.165, 1.54) is 18.4 Å². The molecule has 2 N–H and O–H groups in total. The van der Waals surface area contributed by atoms with Crippen molar-refractivity contribution in [2.75, 3.05) is 0 Å². The summed E-state index contributed by atoms with van der Waals surface area (Å²) >= 11 is 0. The molecule has 0 spiro atoms. The lowest BCUT2D eigenvalue weighted by Gasteiger charge is -2.19. The molecule has 0 saturated heterocycles. The van der Waals surface area contributed by atoms with E-state index >= 15 is 0 Å². The largest absolute Gasteiger partial charge is 0.444 e. The van der Waals surface area contributed by atoms with E-state index in [0.717, 1.165) is 16.9 Å². The minimum absolute atomic E-state index is 0.0417. The second-order valence-corrected chi connectivity index (χ2v) is 7.05. The molecule has 2 heterocycles. The Morgan fingerprint density at radius 3 is 2.60 bits per heavy atom. The zero-order chi connectivity index (χ0) is 18.6. The molecule has 0 bridgehead atoms. The first-order valence-corrected chi connectivity index (χ1v) is 8.94. The van der Waals surface area contributed by atoms with Crippen molar-refractivity contribution in [2.45, 2.75) is 72.1 Å². The highest BCUT2D eigenvalue weighted by Gasteiger charge is 2.25. The molecule has 1 saturated carbocycles. The van der Waals surface area contributed by atoms with Gasteiger partial charge in [-0.25, -0.2) is 9.78 Å². The van der Waals surface area contributed by atoms with Crippen LogP contribution in [-0.4, -0.2) is 26.2 Å². The summed E-state index contributed by atoms with van der Waals surface area (Å²) in [5.74, 6) is 0.607. The number of pyridine rings is 1. The molecule has 25 heavy (non-hydrogen) atoms. The predicted molar refractivity (Wildman–Crippen MR) is 97.5 cm³/mol. The molecule has 0 atom stereocenters. The molecular formula is C19H29N3O3. The van der Waals surface area contributed by atoms with Gasteiger partial charge in [0, 0.05) is 18.0 Å². The van der Waals surface area contributed by atoms with E-state index in [0.29, 0.717) is 12.5 Å². The maximum atomic E-state index is 11.7.